The normalized spacial score (nSPS) is 20.3. The lowest BCUT2D eigenvalue weighted by Gasteiger charge is -2.22. The number of benzene rings is 1. The molecular formula is C15H17F2NO3. The number of ketones is 1. The Bertz CT molecular complexity index is 519. The molecule has 0 bridgehead atoms. The van der Waals surface area contributed by atoms with Gasteiger partial charge in [-0.2, -0.15) is 0 Å². The molecule has 4 nitrogen and oxygen atoms in total. The summed E-state index contributed by atoms with van der Waals surface area (Å²) in [6, 6.07) is 8.19. The van der Waals surface area contributed by atoms with E-state index in [0.29, 0.717) is 0 Å². The summed E-state index contributed by atoms with van der Waals surface area (Å²) in [4.78, 5) is 24.1. The van der Waals surface area contributed by atoms with E-state index in [1.54, 1.807) is 24.3 Å². The van der Waals surface area contributed by atoms with E-state index >= 15 is 0 Å². The number of likely N-dealkylation sites (tertiary alicyclic amines) is 1. The Morgan fingerprint density at radius 3 is 2.62 bits per heavy atom. The molecule has 0 radical (unpaired) electrons. The highest BCUT2D eigenvalue weighted by Crippen LogP contribution is 2.34. The van der Waals surface area contributed by atoms with Gasteiger partial charge < -0.3 is 4.74 Å². The standard InChI is InChI=1S/C15H17F2NO3/c1-11(19)7-13-8-15(16,17)10-18(13)14(20)21-9-12-5-3-2-4-6-12/h2-6,13H,7-10H2,1H3/t13-/m0/s1. The third kappa shape index (κ3) is 4.24. The highest BCUT2D eigenvalue weighted by molar-refractivity contribution is 5.77. The van der Waals surface area contributed by atoms with Crippen molar-refractivity contribution in [3.05, 3.63) is 35.9 Å². The summed E-state index contributed by atoms with van der Waals surface area (Å²) in [5, 5.41) is 0. The molecule has 0 aliphatic carbocycles. The molecule has 0 saturated carbocycles. The molecule has 1 saturated heterocycles. The second kappa shape index (κ2) is 6.20. The van der Waals surface area contributed by atoms with E-state index in [-0.39, 0.29) is 18.8 Å². The van der Waals surface area contributed by atoms with E-state index in [1.807, 2.05) is 6.07 Å². The van der Waals surface area contributed by atoms with E-state index in [4.69, 9.17) is 4.74 Å². The summed E-state index contributed by atoms with van der Waals surface area (Å²) in [6.07, 6.45) is -1.37. The van der Waals surface area contributed by atoms with Gasteiger partial charge in [0.2, 0.25) is 0 Å². The van der Waals surface area contributed by atoms with Gasteiger partial charge in [-0.25, -0.2) is 13.6 Å². The topological polar surface area (TPSA) is 46.6 Å². The first-order chi connectivity index (χ1) is 9.87. The average molecular weight is 297 g/mol. The van der Waals surface area contributed by atoms with Crippen molar-refractivity contribution in [3.63, 3.8) is 0 Å². The van der Waals surface area contributed by atoms with Crippen LogP contribution in [0.5, 0.6) is 0 Å². The largest absolute Gasteiger partial charge is 0.445 e. The summed E-state index contributed by atoms with van der Waals surface area (Å²) >= 11 is 0. The van der Waals surface area contributed by atoms with Gasteiger partial charge in [-0.3, -0.25) is 9.69 Å². The monoisotopic (exact) mass is 297 g/mol. The number of rotatable bonds is 4. The molecule has 2 rings (SSSR count). The van der Waals surface area contributed by atoms with Crippen LogP contribution in [0.2, 0.25) is 0 Å². The summed E-state index contributed by atoms with van der Waals surface area (Å²) < 4.78 is 32.0. The van der Waals surface area contributed by atoms with Crippen LogP contribution in [0.4, 0.5) is 13.6 Å². The van der Waals surface area contributed by atoms with Crippen molar-refractivity contribution in [2.75, 3.05) is 6.54 Å². The fourth-order valence-corrected chi connectivity index (χ4v) is 2.43. The maximum absolute atomic E-state index is 13.5. The van der Waals surface area contributed by atoms with Gasteiger partial charge in [0, 0.05) is 18.9 Å². The van der Waals surface area contributed by atoms with E-state index in [0.717, 1.165) is 10.5 Å². The van der Waals surface area contributed by atoms with E-state index < -0.39 is 31.0 Å². The number of carbonyl (C=O) groups is 2. The number of hydrogen-bond donors (Lipinski definition) is 0. The number of nitrogens with zero attached hydrogens (tertiary/aromatic N) is 1. The molecule has 1 fully saturated rings. The van der Waals surface area contributed by atoms with Crippen LogP contribution in [0.15, 0.2) is 30.3 Å². The van der Waals surface area contributed by atoms with Crippen LogP contribution in [0.3, 0.4) is 0 Å². The number of carbonyl (C=O) groups excluding carboxylic acids is 2. The van der Waals surface area contributed by atoms with Gasteiger partial charge in [0.1, 0.15) is 12.4 Å². The summed E-state index contributed by atoms with van der Waals surface area (Å²) in [6.45, 7) is 0.650. The highest BCUT2D eigenvalue weighted by atomic mass is 19.3. The highest BCUT2D eigenvalue weighted by Gasteiger charge is 2.47. The molecule has 0 spiro atoms. The fourth-order valence-electron chi connectivity index (χ4n) is 2.43. The lowest BCUT2D eigenvalue weighted by Crippen LogP contribution is -2.37. The smallest absolute Gasteiger partial charge is 0.410 e. The zero-order chi connectivity index (χ0) is 15.5. The van der Waals surface area contributed by atoms with Crippen LogP contribution < -0.4 is 0 Å². The first-order valence-corrected chi connectivity index (χ1v) is 6.72. The van der Waals surface area contributed by atoms with Crippen molar-refractivity contribution in [2.45, 2.75) is 38.3 Å². The molecule has 1 atom stereocenters. The van der Waals surface area contributed by atoms with Crippen LogP contribution in [0.25, 0.3) is 0 Å². The van der Waals surface area contributed by atoms with Crippen molar-refractivity contribution in [1.82, 2.24) is 4.90 Å². The molecule has 1 aromatic rings. The average Bonchev–Trinajstić information content (AvgIpc) is 2.71. The molecule has 21 heavy (non-hydrogen) atoms. The molecule has 1 amide bonds. The Morgan fingerprint density at radius 2 is 2.00 bits per heavy atom. The van der Waals surface area contributed by atoms with Crippen LogP contribution in [0.1, 0.15) is 25.3 Å². The Balaban J connectivity index is 1.97. The third-order valence-corrected chi connectivity index (χ3v) is 3.34. The zero-order valence-corrected chi connectivity index (χ0v) is 11.7. The van der Waals surface area contributed by atoms with Gasteiger partial charge in [-0.05, 0) is 12.5 Å². The minimum absolute atomic E-state index is 0.0224. The molecule has 0 N–H and O–H groups in total. The second-order valence-corrected chi connectivity index (χ2v) is 5.29. The number of amides is 1. The molecule has 1 aliphatic rings. The van der Waals surface area contributed by atoms with Crippen molar-refractivity contribution in [3.8, 4) is 0 Å². The maximum atomic E-state index is 13.5. The van der Waals surface area contributed by atoms with Crippen molar-refractivity contribution < 1.29 is 23.1 Å². The zero-order valence-electron chi connectivity index (χ0n) is 11.7. The predicted octanol–water partition coefficient (Wildman–Crippen LogP) is 3.01. The van der Waals surface area contributed by atoms with E-state index in [2.05, 4.69) is 0 Å². The Kier molecular flexibility index (Phi) is 4.55. The quantitative estimate of drug-likeness (QED) is 0.858. The first kappa shape index (κ1) is 15.4. The van der Waals surface area contributed by atoms with Crippen LogP contribution in [0, 0.1) is 0 Å². The van der Waals surface area contributed by atoms with Gasteiger partial charge in [0.25, 0.3) is 5.92 Å². The molecule has 0 unspecified atom stereocenters. The van der Waals surface area contributed by atoms with Crippen molar-refractivity contribution >= 4 is 11.9 Å². The van der Waals surface area contributed by atoms with Gasteiger partial charge >= 0.3 is 6.09 Å². The first-order valence-electron chi connectivity index (χ1n) is 6.72. The summed E-state index contributed by atoms with van der Waals surface area (Å²) in [5.74, 6) is -3.19. The molecule has 0 aromatic heterocycles. The van der Waals surface area contributed by atoms with Crippen LogP contribution in [-0.2, 0) is 16.1 Å². The number of hydrogen-bond acceptors (Lipinski definition) is 3. The molecular weight excluding hydrogens is 280 g/mol. The van der Waals surface area contributed by atoms with E-state index in [1.165, 1.54) is 6.92 Å². The number of halogens is 2. The number of Topliss-reactive ketones (excluding diaryl/α,β-unsaturated/α-hetero) is 1. The van der Waals surface area contributed by atoms with Gasteiger partial charge in [0.05, 0.1) is 6.54 Å². The van der Waals surface area contributed by atoms with Gasteiger partial charge in [-0.1, -0.05) is 30.3 Å². The molecule has 114 valence electrons. The third-order valence-electron chi connectivity index (χ3n) is 3.34. The predicted molar refractivity (Wildman–Crippen MR) is 72.0 cm³/mol. The number of ether oxygens (including phenoxy) is 1. The summed E-state index contributed by atoms with van der Waals surface area (Å²) in [5.41, 5.74) is 0.778. The lowest BCUT2D eigenvalue weighted by molar-refractivity contribution is -0.117. The Labute approximate surface area is 121 Å². The minimum atomic E-state index is -2.97. The molecule has 1 aromatic carbocycles. The van der Waals surface area contributed by atoms with E-state index in [9.17, 15) is 18.4 Å². The van der Waals surface area contributed by atoms with Crippen molar-refractivity contribution in [2.24, 2.45) is 0 Å². The van der Waals surface area contributed by atoms with Gasteiger partial charge in [0.15, 0.2) is 0 Å². The van der Waals surface area contributed by atoms with Crippen LogP contribution in [-0.4, -0.2) is 35.3 Å². The minimum Gasteiger partial charge on any atom is -0.445 e. The molecule has 1 aliphatic heterocycles. The summed E-state index contributed by atoms with van der Waals surface area (Å²) in [7, 11) is 0. The SMILES string of the molecule is CC(=O)C[C@H]1CC(F)(F)CN1C(=O)OCc1ccccc1. The second-order valence-electron chi connectivity index (χ2n) is 5.29. The Hall–Kier alpha value is -1.98. The Morgan fingerprint density at radius 1 is 1.33 bits per heavy atom. The van der Waals surface area contributed by atoms with Crippen molar-refractivity contribution in [1.29, 1.82) is 0 Å². The fraction of sp³-hybridized carbons (Fsp3) is 0.467. The number of alkyl halides is 2. The molecule has 6 heteroatoms. The molecule has 1 heterocycles. The lowest BCUT2D eigenvalue weighted by atomic mass is 10.1. The maximum Gasteiger partial charge on any atom is 0.410 e. The van der Waals surface area contributed by atoms with Gasteiger partial charge in [-0.15, -0.1) is 0 Å². The van der Waals surface area contributed by atoms with Crippen LogP contribution >= 0.6 is 0 Å².